The molecule has 0 amide bonds. The van der Waals surface area contributed by atoms with Gasteiger partial charge in [0, 0.05) is 0 Å². The summed E-state index contributed by atoms with van der Waals surface area (Å²) < 4.78 is 4.34. The Morgan fingerprint density at radius 2 is 2.36 bits per heavy atom. The van der Waals surface area contributed by atoms with E-state index < -0.39 is 6.17 Å². The average Bonchev–Trinajstić information content (AvgIpc) is 2.77. The maximum atomic E-state index is 8.60. The number of rotatable bonds is 2. The second-order valence-corrected chi connectivity index (χ2v) is 2.35. The number of aromatic nitrogens is 2. The molecule has 1 aromatic rings. The van der Waals surface area contributed by atoms with E-state index in [4.69, 9.17) is 11.0 Å². The molecule has 1 atom stereocenters. The fourth-order valence-electron chi connectivity index (χ4n) is 0.841. The van der Waals surface area contributed by atoms with Crippen LogP contribution < -0.4 is 11.1 Å². The molecule has 1 aliphatic heterocycles. The molecular formula is C5H4N8O. The van der Waals surface area contributed by atoms with Crippen LogP contribution in [-0.2, 0) is 0 Å². The summed E-state index contributed by atoms with van der Waals surface area (Å²) in [6.45, 7) is 0. The fourth-order valence-corrected chi connectivity index (χ4v) is 0.841. The molecule has 0 saturated heterocycles. The van der Waals surface area contributed by atoms with Crippen LogP contribution in [0.1, 0.15) is 0 Å². The Labute approximate surface area is 77.3 Å². The number of hydrogen-bond acceptors (Lipinski definition) is 9. The molecule has 70 valence electrons. The molecule has 0 aliphatic carbocycles. The Bertz CT molecular complexity index is 439. The highest BCUT2D eigenvalue weighted by atomic mass is 16.6. The standard InChI is InChI=1S/C5H4N8O/c6-1-2-4(10-13-9-2)8-5-3(7)11-14-12-5/h4H,(H2,7,11)(H,8,12)/t4-/m1/s1. The zero-order valence-corrected chi connectivity index (χ0v) is 6.75. The SMILES string of the molecule is N#CC1=NN=N[C@H]1Nc1nonc1N. The van der Waals surface area contributed by atoms with Crippen LogP contribution in [0.2, 0.25) is 0 Å². The molecule has 0 spiro atoms. The van der Waals surface area contributed by atoms with Crippen molar-refractivity contribution in [2.24, 2.45) is 15.4 Å². The molecule has 0 saturated carbocycles. The summed E-state index contributed by atoms with van der Waals surface area (Å²) in [5.41, 5.74) is 5.51. The van der Waals surface area contributed by atoms with Gasteiger partial charge in [-0.15, -0.1) is 10.2 Å². The predicted octanol–water partition coefficient (Wildman–Crippen LogP) is -0.265. The minimum atomic E-state index is -0.672. The van der Waals surface area contributed by atoms with Crippen molar-refractivity contribution in [3.8, 4) is 6.07 Å². The molecule has 9 heteroatoms. The summed E-state index contributed by atoms with van der Waals surface area (Å²) >= 11 is 0. The molecule has 0 aromatic carbocycles. The van der Waals surface area contributed by atoms with Crippen molar-refractivity contribution in [1.82, 2.24) is 10.3 Å². The lowest BCUT2D eigenvalue weighted by molar-refractivity contribution is 0.310. The third-order valence-electron chi connectivity index (χ3n) is 1.48. The van der Waals surface area contributed by atoms with Crippen molar-refractivity contribution in [2.75, 3.05) is 11.1 Å². The highest BCUT2D eigenvalue weighted by molar-refractivity contribution is 6.04. The third kappa shape index (κ3) is 1.24. The quantitative estimate of drug-likeness (QED) is 0.661. The number of nitrogen functional groups attached to an aromatic ring is 1. The molecule has 0 bridgehead atoms. The number of hydrogen-bond donors (Lipinski definition) is 2. The molecule has 1 aromatic heterocycles. The largest absolute Gasteiger partial charge is 0.378 e. The molecule has 2 rings (SSSR count). The van der Waals surface area contributed by atoms with Gasteiger partial charge in [-0.3, -0.25) is 0 Å². The Hall–Kier alpha value is -2.50. The smallest absolute Gasteiger partial charge is 0.217 e. The lowest BCUT2D eigenvalue weighted by Gasteiger charge is -2.04. The van der Waals surface area contributed by atoms with E-state index in [2.05, 4.69) is 35.7 Å². The molecule has 0 fully saturated rings. The highest BCUT2D eigenvalue weighted by Gasteiger charge is 2.22. The van der Waals surface area contributed by atoms with Gasteiger partial charge in [-0.25, -0.2) is 4.63 Å². The minimum absolute atomic E-state index is 0.0874. The van der Waals surface area contributed by atoms with Crippen LogP contribution in [0.3, 0.4) is 0 Å². The summed E-state index contributed by atoms with van der Waals surface area (Å²) in [7, 11) is 0. The second-order valence-electron chi connectivity index (χ2n) is 2.35. The van der Waals surface area contributed by atoms with E-state index in [0.717, 1.165) is 0 Å². The van der Waals surface area contributed by atoms with E-state index in [0.29, 0.717) is 0 Å². The van der Waals surface area contributed by atoms with Crippen LogP contribution >= 0.6 is 0 Å². The van der Waals surface area contributed by atoms with Crippen molar-refractivity contribution in [1.29, 1.82) is 5.26 Å². The average molecular weight is 192 g/mol. The highest BCUT2D eigenvalue weighted by Crippen LogP contribution is 2.15. The van der Waals surface area contributed by atoms with Gasteiger partial charge in [-0.05, 0) is 15.5 Å². The summed E-state index contributed by atoms with van der Waals surface area (Å²) in [5.74, 6) is 0.295. The first kappa shape index (κ1) is 8.11. The van der Waals surface area contributed by atoms with Gasteiger partial charge in [0.15, 0.2) is 11.9 Å². The van der Waals surface area contributed by atoms with Crippen LogP contribution in [0.5, 0.6) is 0 Å². The summed E-state index contributed by atoms with van der Waals surface area (Å²) in [6, 6.07) is 1.83. The zero-order chi connectivity index (χ0) is 9.97. The molecule has 0 unspecified atom stereocenters. The Kier molecular flexibility index (Phi) is 1.79. The van der Waals surface area contributed by atoms with Gasteiger partial charge in [-0.1, -0.05) is 0 Å². The Morgan fingerprint density at radius 1 is 1.50 bits per heavy atom. The van der Waals surface area contributed by atoms with Crippen molar-refractivity contribution >= 4 is 17.3 Å². The van der Waals surface area contributed by atoms with E-state index in [-0.39, 0.29) is 17.3 Å². The lowest BCUT2D eigenvalue weighted by atomic mass is 10.3. The van der Waals surface area contributed by atoms with Gasteiger partial charge in [0.25, 0.3) is 0 Å². The van der Waals surface area contributed by atoms with Gasteiger partial charge in [0.1, 0.15) is 6.07 Å². The molecule has 3 N–H and O–H groups in total. The van der Waals surface area contributed by atoms with Gasteiger partial charge >= 0.3 is 0 Å². The molecule has 9 nitrogen and oxygen atoms in total. The number of nitriles is 1. The van der Waals surface area contributed by atoms with Crippen LogP contribution in [0.25, 0.3) is 0 Å². The molecule has 2 heterocycles. The van der Waals surface area contributed by atoms with E-state index in [1.165, 1.54) is 0 Å². The van der Waals surface area contributed by atoms with Crippen LogP contribution in [0, 0.1) is 11.3 Å². The van der Waals surface area contributed by atoms with E-state index >= 15 is 0 Å². The number of anilines is 2. The fraction of sp³-hybridized carbons (Fsp3) is 0.200. The first-order valence-corrected chi connectivity index (χ1v) is 3.53. The number of nitrogens with two attached hydrogens (primary N) is 1. The first-order valence-electron chi connectivity index (χ1n) is 3.53. The normalized spacial score (nSPS) is 19.1. The molecule has 1 aliphatic rings. The van der Waals surface area contributed by atoms with Crippen molar-refractivity contribution in [3.05, 3.63) is 0 Å². The monoisotopic (exact) mass is 192 g/mol. The van der Waals surface area contributed by atoms with Crippen LogP contribution in [0.4, 0.5) is 11.6 Å². The topological polar surface area (TPSA) is 138 Å². The first-order chi connectivity index (χ1) is 6.81. The third-order valence-corrected chi connectivity index (χ3v) is 1.48. The number of nitrogens with one attached hydrogen (secondary N) is 1. The Morgan fingerprint density at radius 3 is 3.00 bits per heavy atom. The zero-order valence-electron chi connectivity index (χ0n) is 6.75. The number of nitrogens with zero attached hydrogens (tertiary/aromatic N) is 6. The minimum Gasteiger partial charge on any atom is -0.378 e. The second kappa shape index (κ2) is 3.09. The predicted molar refractivity (Wildman–Crippen MR) is 44.0 cm³/mol. The van der Waals surface area contributed by atoms with Crippen LogP contribution in [-0.4, -0.2) is 22.2 Å². The maximum Gasteiger partial charge on any atom is 0.217 e. The molecule has 0 radical (unpaired) electrons. The Balaban J connectivity index is 2.14. The van der Waals surface area contributed by atoms with E-state index in [9.17, 15) is 0 Å². The van der Waals surface area contributed by atoms with Gasteiger partial charge in [-0.2, -0.15) is 5.26 Å². The summed E-state index contributed by atoms with van der Waals surface area (Å²) in [4.78, 5) is 0. The summed E-state index contributed by atoms with van der Waals surface area (Å²) in [5, 5.41) is 28.5. The van der Waals surface area contributed by atoms with E-state index in [1.807, 2.05) is 6.07 Å². The van der Waals surface area contributed by atoms with E-state index in [1.54, 1.807) is 0 Å². The van der Waals surface area contributed by atoms with Crippen molar-refractivity contribution in [2.45, 2.75) is 6.17 Å². The molecule has 14 heavy (non-hydrogen) atoms. The van der Waals surface area contributed by atoms with Crippen molar-refractivity contribution in [3.63, 3.8) is 0 Å². The van der Waals surface area contributed by atoms with Gasteiger partial charge < -0.3 is 11.1 Å². The van der Waals surface area contributed by atoms with Gasteiger partial charge in [0.2, 0.25) is 11.6 Å². The lowest BCUT2D eigenvalue weighted by Crippen LogP contribution is -2.24. The summed E-state index contributed by atoms with van der Waals surface area (Å²) in [6.07, 6.45) is -0.672. The maximum absolute atomic E-state index is 8.60. The van der Waals surface area contributed by atoms with Crippen LogP contribution in [0.15, 0.2) is 20.1 Å². The van der Waals surface area contributed by atoms with Crippen molar-refractivity contribution < 1.29 is 4.63 Å². The molecular weight excluding hydrogens is 188 g/mol. The van der Waals surface area contributed by atoms with Gasteiger partial charge in [0.05, 0.1) is 0 Å².